The molecule has 0 bridgehead atoms. The van der Waals surface area contributed by atoms with Crippen molar-refractivity contribution in [1.29, 1.82) is 0 Å². The van der Waals surface area contributed by atoms with Crippen molar-refractivity contribution >= 4 is 10.1 Å². The van der Waals surface area contributed by atoms with Crippen molar-refractivity contribution < 1.29 is 17.3 Å². The van der Waals surface area contributed by atoms with Crippen LogP contribution in [0.25, 0.3) is 0 Å². The van der Waals surface area contributed by atoms with E-state index in [1.165, 1.54) is 11.3 Å². The highest BCUT2D eigenvalue weighted by Crippen LogP contribution is 2.06. The summed E-state index contributed by atoms with van der Waals surface area (Å²) < 4.78 is 32.3. The number of rotatable bonds is 9. The molecule has 1 aromatic heterocycles. The number of hydrogen-bond acceptors (Lipinski definition) is 4. The average molecular weight is 289 g/mol. The molecule has 5 nitrogen and oxygen atoms in total. The van der Waals surface area contributed by atoms with Gasteiger partial charge in [0, 0.05) is 18.5 Å². The molecule has 0 saturated carbocycles. The van der Waals surface area contributed by atoms with Gasteiger partial charge in [-0.15, -0.1) is 0 Å². The predicted octanol–water partition coefficient (Wildman–Crippen LogP) is 2.03. The summed E-state index contributed by atoms with van der Waals surface area (Å²) in [5.74, 6) is 0. The lowest BCUT2D eigenvalue weighted by atomic mass is 10.2. The molecule has 1 heterocycles. The zero-order valence-electron chi connectivity index (χ0n) is 11.8. The van der Waals surface area contributed by atoms with Crippen LogP contribution >= 0.6 is 0 Å². The predicted molar refractivity (Wildman–Crippen MR) is 74.7 cm³/mol. The number of aromatic amines is 1. The largest absolute Gasteiger partial charge is 0.379 e. The van der Waals surface area contributed by atoms with Crippen LogP contribution in [0.4, 0.5) is 0 Å². The first-order chi connectivity index (χ1) is 8.90. The Labute approximate surface area is 115 Å². The van der Waals surface area contributed by atoms with Gasteiger partial charge in [0.05, 0.1) is 12.9 Å². The Bertz CT molecular complexity index is 467. The fourth-order valence-corrected chi connectivity index (χ4v) is 2.44. The molecule has 0 radical (unpaired) electrons. The van der Waals surface area contributed by atoms with Crippen LogP contribution < -0.4 is 0 Å². The lowest BCUT2D eigenvalue weighted by Crippen LogP contribution is -2.22. The highest BCUT2D eigenvalue weighted by atomic mass is 32.2. The van der Waals surface area contributed by atoms with Crippen molar-refractivity contribution in [2.45, 2.75) is 39.2 Å². The van der Waals surface area contributed by atoms with Crippen LogP contribution in [0.5, 0.6) is 0 Å². The summed E-state index contributed by atoms with van der Waals surface area (Å²) in [6, 6.07) is 2.11. The first-order valence-electron chi connectivity index (χ1n) is 6.50. The van der Waals surface area contributed by atoms with Gasteiger partial charge in [-0.1, -0.05) is 6.92 Å². The highest BCUT2D eigenvalue weighted by molar-refractivity contribution is 7.86. The standard InChI is InChI=1S/C13H23NO4S/c1-4-13(18-19(3,15)16)10-17-7-5-6-12-8-11(2)9-14-12/h8-9,13-14H,4-7,10H2,1-3H3. The van der Waals surface area contributed by atoms with Gasteiger partial charge in [-0.25, -0.2) is 0 Å². The minimum atomic E-state index is -3.40. The van der Waals surface area contributed by atoms with Crippen molar-refractivity contribution in [1.82, 2.24) is 4.98 Å². The van der Waals surface area contributed by atoms with E-state index < -0.39 is 10.1 Å². The Hall–Kier alpha value is -0.850. The summed E-state index contributed by atoms with van der Waals surface area (Å²) in [5, 5.41) is 0. The minimum Gasteiger partial charge on any atom is -0.379 e. The first-order valence-corrected chi connectivity index (χ1v) is 8.32. The van der Waals surface area contributed by atoms with Crippen LogP contribution in [0.3, 0.4) is 0 Å². The third kappa shape index (κ3) is 7.34. The van der Waals surface area contributed by atoms with Crippen molar-refractivity contribution in [3.8, 4) is 0 Å². The Morgan fingerprint density at radius 2 is 2.16 bits per heavy atom. The zero-order valence-corrected chi connectivity index (χ0v) is 12.6. The van der Waals surface area contributed by atoms with Crippen LogP contribution in [0.2, 0.25) is 0 Å². The van der Waals surface area contributed by atoms with Crippen molar-refractivity contribution in [2.24, 2.45) is 0 Å². The van der Waals surface area contributed by atoms with E-state index in [1.54, 1.807) is 0 Å². The highest BCUT2D eigenvalue weighted by Gasteiger charge is 2.13. The van der Waals surface area contributed by atoms with Crippen LogP contribution in [-0.4, -0.2) is 39.0 Å². The van der Waals surface area contributed by atoms with Crippen LogP contribution in [0.15, 0.2) is 12.3 Å². The molecule has 19 heavy (non-hydrogen) atoms. The second-order valence-electron chi connectivity index (χ2n) is 4.71. The van der Waals surface area contributed by atoms with Gasteiger partial charge < -0.3 is 9.72 Å². The maximum Gasteiger partial charge on any atom is 0.264 e. The molecule has 6 heteroatoms. The Kier molecular flexibility index (Phi) is 6.54. The first kappa shape index (κ1) is 16.2. The summed E-state index contributed by atoms with van der Waals surface area (Å²) in [4.78, 5) is 3.19. The number of H-pyrrole nitrogens is 1. The lowest BCUT2D eigenvalue weighted by Gasteiger charge is -2.14. The number of nitrogens with one attached hydrogen (secondary N) is 1. The number of aryl methyl sites for hydroxylation is 2. The SMILES string of the molecule is CCC(COCCCc1cc(C)c[nH]1)OS(C)(=O)=O. The lowest BCUT2D eigenvalue weighted by molar-refractivity contribution is 0.0509. The molecule has 0 fully saturated rings. The molecule has 0 aliphatic rings. The van der Waals surface area contributed by atoms with Gasteiger partial charge in [0.25, 0.3) is 10.1 Å². The van der Waals surface area contributed by atoms with E-state index in [-0.39, 0.29) is 6.10 Å². The van der Waals surface area contributed by atoms with Crippen LogP contribution in [0.1, 0.15) is 31.0 Å². The van der Waals surface area contributed by atoms with Gasteiger partial charge in [-0.05, 0) is 37.8 Å². The second kappa shape index (κ2) is 7.67. The summed E-state index contributed by atoms with van der Waals surface area (Å²) in [7, 11) is -3.40. The minimum absolute atomic E-state index is 0.313. The second-order valence-corrected chi connectivity index (χ2v) is 6.31. The summed E-state index contributed by atoms with van der Waals surface area (Å²) in [6.45, 7) is 4.83. The smallest absolute Gasteiger partial charge is 0.264 e. The van der Waals surface area contributed by atoms with Gasteiger partial charge in [0.1, 0.15) is 6.10 Å². The van der Waals surface area contributed by atoms with E-state index in [1.807, 2.05) is 20.0 Å². The quantitative estimate of drug-likeness (QED) is 0.558. The van der Waals surface area contributed by atoms with Gasteiger partial charge in [-0.2, -0.15) is 8.42 Å². The van der Waals surface area contributed by atoms with E-state index in [0.717, 1.165) is 19.1 Å². The fourth-order valence-electron chi connectivity index (χ4n) is 1.75. The molecular formula is C13H23NO4S. The van der Waals surface area contributed by atoms with Crippen molar-refractivity contribution in [2.75, 3.05) is 19.5 Å². The van der Waals surface area contributed by atoms with Gasteiger partial charge in [0.2, 0.25) is 0 Å². The molecule has 0 aliphatic heterocycles. The Morgan fingerprint density at radius 3 is 2.68 bits per heavy atom. The van der Waals surface area contributed by atoms with E-state index in [4.69, 9.17) is 8.92 Å². The molecule has 1 atom stereocenters. The van der Waals surface area contributed by atoms with E-state index in [0.29, 0.717) is 19.6 Å². The molecule has 1 unspecified atom stereocenters. The van der Waals surface area contributed by atoms with E-state index in [9.17, 15) is 8.42 Å². The maximum atomic E-state index is 11.0. The number of aromatic nitrogens is 1. The molecule has 110 valence electrons. The fraction of sp³-hybridized carbons (Fsp3) is 0.692. The number of ether oxygens (including phenoxy) is 1. The molecule has 0 saturated heterocycles. The Morgan fingerprint density at radius 1 is 1.42 bits per heavy atom. The Balaban J connectivity index is 2.15. The van der Waals surface area contributed by atoms with Crippen LogP contribution in [0, 0.1) is 6.92 Å². The third-order valence-electron chi connectivity index (χ3n) is 2.69. The van der Waals surface area contributed by atoms with Crippen LogP contribution in [-0.2, 0) is 25.5 Å². The molecular weight excluding hydrogens is 266 g/mol. The number of hydrogen-bond donors (Lipinski definition) is 1. The van der Waals surface area contributed by atoms with Gasteiger partial charge in [-0.3, -0.25) is 4.18 Å². The average Bonchev–Trinajstić information content (AvgIpc) is 2.71. The van der Waals surface area contributed by atoms with Gasteiger partial charge in [0.15, 0.2) is 0 Å². The molecule has 1 aromatic rings. The molecule has 0 aromatic carbocycles. The molecule has 1 N–H and O–H groups in total. The normalized spacial score (nSPS) is 13.6. The monoisotopic (exact) mass is 289 g/mol. The topological polar surface area (TPSA) is 68.4 Å². The van der Waals surface area contributed by atoms with Gasteiger partial charge >= 0.3 is 0 Å². The van der Waals surface area contributed by atoms with E-state index >= 15 is 0 Å². The molecule has 0 aliphatic carbocycles. The molecule has 1 rings (SSSR count). The summed E-state index contributed by atoms with van der Waals surface area (Å²) in [5.41, 5.74) is 2.42. The maximum absolute atomic E-state index is 11.0. The third-order valence-corrected chi connectivity index (χ3v) is 3.31. The van der Waals surface area contributed by atoms with Crippen molar-refractivity contribution in [3.05, 3.63) is 23.5 Å². The van der Waals surface area contributed by atoms with Crippen molar-refractivity contribution in [3.63, 3.8) is 0 Å². The summed E-state index contributed by atoms with van der Waals surface area (Å²) >= 11 is 0. The molecule has 0 spiro atoms. The zero-order chi connectivity index (χ0) is 14.3. The summed E-state index contributed by atoms with van der Waals surface area (Å²) in [6.07, 6.45) is 5.09. The van der Waals surface area contributed by atoms with E-state index in [2.05, 4.69) is 11.1 Å². The molecule has 0 amide bonds.